The largest absolute Gasteiger partial charge is 0.508 e. The molecule has 3 heteroatoms. The fourth-order valence-corrected chi connectivity index (χ4v) is 2.62. The molecule has 0 amide bonds. The minimum absolute atomic E-state index is 0.202. The van der Waals surface area contributed by atoms with Gasteiger partial charge in [-0.05, 0) is 30.0 Å². The van der Waals surface area contributed by atoms with Crippen molar-refractivity contribution in [1.82, 2.24) is 0 Å². The summed E-state index contributed by atoms with van der Waals surface area (Å²) in [5.41, 5.74) is 9.02. The number of aromatic hydroxyl groups is 1. The standard InChI is InChI=1S/C18H23NO2/c1-5-21-16-9-7-6-8-13(16)14-10-12(19)11-15(20)17(14)18(2,3)4/h6-11,20H,5,19H2,1-4H3. The Kier molecular flexibility index (Phi) is 4.12. The Morgan fingerprint density at radius 3 is 2.38 bits per heavy atom. The normalized spacial score (nSPS) is 11.4. The Hall–Kier alpha value is -2.16. The van der Waals surface area contributed by atoms with Gasteiger partial charge in [-0.3, -0.25) is 0 Å². The molecule has 2 aromatic rings. The van der Waals surface area contributed by atoms with Crippen LogP contribution in [0.2, 0.25) is 0 Å². The summed E-state index contributed by atoms with van der Waals surface area (Å²) in [6.07, 6.45) is 0. The van der Waals surface area contributed by atoms with E-state index in [0.29, 0.717) is 12.3 Å². The maximum atomic E-state index is 10.4. The van der Waals surface area contributed by atoms with E-state index in [-0.39, 0.29) is 11.2 Å². The van der Waals surface area contributed by atoms with Gasteiger partial charge in [-0.25, -0.2) is 0 Å². The summed E-state index contributed by atoms with van der Waals surface area (Å²) in [6, 6.07) is 11.3. The van der Waals surface area contributed by atoms with Crippen LogP contribution in [0.15, 0.2) is 36.4 Å². The average molecular weight is 285 g/mol. The molecule has 0 aliphatic carbocycles. The first-order valence-electron chi connectivity index (χ1n) is 7.19. The number of hydrogen-bond acceptors (Lipinski definition) is 3. The highest BCUT2D eigenvalue weighted by atomic mass is 16.5. The van der Waals surface area contributed by atoms with Gasteiger partial charge in [0, 0.05) is 22.9 Å². The van der Waals surface area contributed by atoms with Gasteiger partial charge in [0.1, 0.15) is 11.5 Å². The van der Waals surface area contributed by atoms with Gasteiger partial charge in [-0.2, -0.15) is 0 Å². The number of phenolic OH excluding ortho intramolecular Hbond substituents is 1. The summed E-state index contributed by atoms with van der Waals surface area (Å²) < 4.78 is 5.72. The number of anilines is 1. The van der Waals surface area contributed by atoms with E-state index in [2.05, 4.69) is 20.8 Å². The minimum Gasteiger partial charge on any atom is -0.508 e. The monoisotopic (exact) mass is 285 g/mol. The molecule has 0 aliphatic rings. The van der Waals surface area contributed by atoms with Crippen molar-refractivity contribution in [2.24, 2.45) is 0 Å². The SMILES string of the molecule is CCOc1ccccc1-c1cc(N)cc(O)c1C(C)(C)C. The van der Waals surface area contributed by atoms with Crippen LogP contribution in [0.25, 0.3) is 11.1 Å². The molecule has 0 unspecified atom stereocenters. The lowest BCUT2D eigenvalue weighted by molar-refractivity contribution is 0.341. The third-order valence-corrected chi connectivity index (χ3v) is 3.37. The molecule has 0 aromatic heterocycles. The first-order valence-corrected chi connectivity index (χ1v) is 7.19. The zero-order valence-corrected chi connectivity index (χ0v) is 13.1. The number of phenols is 1. The maximum absolute atomic E-state index is 10.4. The van der Waals surface area contributed by atoms with Crippen LogP contribution < -0.4 is 10.5 Å². The lowest BCUT2D eigenvalue weighted by atomic mass is 9.80. The predicted molar refractivity (Wildman–Crippen MR) is 87.8 cm³/mol. The fraction of sp³-hybridized carbons (Fsp3) is 0.333. The summed E-state index contributed by atoms with van der Waals surface area (Å²) in [6.45, 7) is 8.77. The molecule has 21 heavy (non-hydrogen) atoms. The average Bonchev–Trinajstić information content (AvgIpc) is 2.37. The summed E-state index contributed by atoms with van der Waals surface area (Å²) in [5.74, 6) is 1.03. The molecular weight excluding hydrogens is 262 g/mol. The van der Waals surface area contributed by atoms with Gasteiger partial charge in [0.25, 0.3) is 0 Å². The number of para-hydroxylation sites is 1. The molecule has 0 aliphatic heterocycles. The highest BCUT2D eigenvalue weighted by molar-refractivity contribution is 5.79. The number of ether oxygens (including phenoxy) is 1. The second-order valence-electron chi connectivity index (χ2n) is 6.14. The van der Waals surface area contributed by atoms with Gasteiger partial charge >= 0.3 is 0 Å². The van der Waals surface area contributed by atoms with E-state index in [1.54, 1.807) is 6.07 Å². The van der Waals surface area contributed by atoms with Crippen molar-refractivity contribution in [3.05, 3.63) is 42.0 Å². The Labute approximate surface area is 126 Å². The van der Waals surface area contributed by atoms with Crippen molar-refractivity contribution in [1.29, 1.82) is 0 Å². The van der Waals surface area contributed by atoms with Crippen molar-refractivity contribution in [2.75, 3.05) is 12.3 Å². The molecule has 0 heterocycles. The summed E-state index contributed by atoms with van der Waals surface area (Å²) in [5, 5.41) is 10.4. The predicted octanol–water partition coefficient (Wildman–Crippen LogP) is 4.34. The van der Waals surface area contributed by atoms with E-state index in [1.807, 2.05) is 37.3 Å². The van der Waals surface area contributed by atoms with Gasteiger partial charge < -0.3 is 15.6 Å². The third kappa shape index (κ3) is 3.13. The first-order chi connectivity index (χ1) is 9.84. The Morgan fingerprint density at radius 1 is 1.10 bits per heavy atom. The van der Waals surface area contributed by atoms with Crippen molar-refractivity contribution in [2.45, 2.75) is 33.1 Å². The summed E-state index contributed by atoms with van der Waals surface area (Å²) in [4.78, 5) is 0. The highest BCUT2D eigenvalue weighted by Gasteiger charge is 2.24. The minimum atomic E-state index is -0.202. The Balaban J connectivity index is 2.75. The number of hydrogen-bond donors (Lipinski definition) is 2. The van der Waals surface area contributed by atoms with Gasteiger partial charge in [-0.1, -0.05) is 39.0 Å². The van der Waals surface area contributed by atoms with Crippen molar-refractivity contribution in [3.63, 3.8) is 0 Å². The molecule has 0 bridgehead atoms. The van der Waals surface area contributed by atoms with Crippen LogP contribution in [0.1, 0.15) is 33.3 Å². The molecule has 3 nitrogen and oxygen atoms in total. The van der Waals surface area contributed by atoms with Crippen LogP contribution in [0, 0.1) is 0 Å². The van der Waals surface area contributed by atoms with Gasteiger partial charge in [0.2, 0.25) is 0 Å². The van der Waals surface area contributed by atoms with E-state index >= 15 is 0 Å². The van der Waals surface area contributed by atoms with Crippen LogP contribution in [0.3, 0.4) is 0 Å². The lowest BCUT2D eigenvalue weighted by Crippen LogP contribution is -2.14. The van der Waals surface area contributed by atoms with Gasteiger partial charge in [0.15, 0.2) is 0 Å². The molecule has 2 aromatic carbocycles. The van der Waals surface area contributed by atoms with Crippen LogP contribution >= 0.6 is 0 Å². The molecule has 0 radical (unpaired) electrons. The molecule has 0 saturated heterocycles. The second-order valence-corrected chi connectivity index (χ2v) is 6.14. The van der Waals surface area contributed by atoms with Crippen molar-refractivity contribution >= 4 is 5.69 Å². The van der Waals surface area contributed by atoms with Gasteiger partial charge in [-0.15, -0.1) is 0 Å². The number of rotatable bonds is 3. The van der Waals surface area contributed by atoms with E-state index in [9.17, 15) is 5.11 Å². The molecule has 3 N–H and O–H groups in total. The quantitative estimate of drug-likeness (QED) is 0.825. The highest BCUT2D eigenvalue weighted by Crippen LogP contribution is 2.43. The smallest absolute Gasteiger partial charge is 0.127 e. The zero-order chi connectivity index (χ0) is 15.6. The van der Waals surface area contributed by atoms with Crippen molar-refractivity contribution in [3.8, 4) is 22.6 Å². The number of nitrogens with two attached hydrogens (primary N) is 1. The van der Waals surface area contributed by atoms with Crippen LogP contribution in [0.4, 0.5) is 5.69 Å². The van der Waals surface area contributed by atoms with Crippen LogP contribution in [-0.2, 0) is 5.41 Å². The van der Waals surface area contributed by atoms with Crippen LogP contribution in [-0.4, -0.2) is 11.7 Å². The Morgan fingerprint density at radius 2 is 1.76 bits per heavy atom. The van der Waals surface area contributed by atoms with Crippen molar-refractivity contribution < 1.29 is 9.84 Å². The summed E-state index contributed by atoms with van der Waals surface area (Å²) >= 11 is 0. The van der Waals surface area contributed by atoms with E-state index in [0.717, 1.165) is 22.4 Å². The van der Waals surface area contributed by atoms with Crippen LogP contribution in [0.5, 0.6) is 11.5 Å². The number of nitrogen functional groups attached to an aromatic ring is 1. The zero-order valence-electron chi connectivity index (χ0n) is 13.1. The number of benzene rings is 2. The van der Waals surface area contributed by atoms with E-state index in [1.165, 1.54) is 0 Å². The molecule has 2 rings (SSSR count). The Bertz CT molecular complexity index is 642. The first kappa shape index (κ1) is 15.2. The second kappa shape index (κ2) is 5.68. The molecule has 0 spiro atoms. The molecule has 0 fully saturated rings. The summed E-state index contributed by atoms with van der Waals surface area (Å²) in [7, 11) is 0. The third-order valence-electron chi connectivity index (χ3n) is 3.37. The molecular formula is C18H23NO2. The fourth-order valence-electron chi connectivity index (χ4n) is 2.62. The lowest BCUT2D eigenvalue weighted by Gasteiger charge is -2.25. The van der Waals surface area contributed by atoms with Gasteiger partial charge in [0.05, 0.1) is 6.61 Å². The van der Waals surface area contributed by atoms with E-state index in [4.69, 9.17) is 10.5 Å². The molecule has 112 valence electrons. The molecule has 0 atom stereocenters. The topological polar surface area (TPSA) is 55.5 Å². The molecule has 0 saturated carbocycles. The maximum Gasteiger partial charge on any atom is 0.127 e. The van der Waals surface area contributed by atoms with E-state index < -0.39 is 0 Å².